The fraction of sp³-hybridized carbons (Fsp3) is 0.882. The molecule has 3 atom stereocenters. The average molecular weight is 298 g/mol. The Labute approximate surface area is 128 Å². The van der Waals surface area contributed by atoms with Crippen LogP contribution in [0.5, 0.6) is 0 Å². The summed E-state index contributed by atoms with van der Waals surface area (Å²) < 4.78 is 11.0. The molecule has 0 aromatic carbocycles. The van der Waals surface area contributed by atoms with E-state index in [1.54, 1.807) is 6.92 Å². The molecule has 1 rings (SSSR count). The van der Waals surface area contributed by atoms with Crippen LogP contribution in [0.2, 0.25) is 0 Å². The van der Waals surface area contributed by atoms with Gasteiger partial charge in [0.05, 0.1) is 6.61 Å². The van der Waals surface area contributed by atoms with Crippen LogP contribution >= 0.6 is 0 Å². The molecule has 1 aliphatic carbocycles. The summed E-state index contributed by atoms with van der Waals surface area (Å²) in [4.78, 5) is 25.2. The summed E-state index contributed by atoms with van der Waals surface area (Å²) in [6.07, 6.45) is 4.88. The number of ether oxygens (including phenoxy) is 2. The van der Waals surface area contributed by atoms with E-state index >= 15 is 0 Å². The molecule has 0 bridgehead atoms. The third kappa shape index (κ3) is 4.53. The first kappa shape index (κ1) is 18.1. The van der Waals surface area contributed by atoms with E-state index in [0.717, 1.165) is 32.1 Å². The molecule has 0 spiro atoms. The fourth-order valence-corrected chi connectivity index (χ4v) is 3.41. The third-order valence-electron chi connectivity index (χ3n) is 4.29. The lowest BCUT2D eigenvalue weighted by Gasteiger charge is -2.40. The minimum atomic E-state index is -0.779. The highest BCUT2D eigenvalue weighted by Crippen LogP contribution is 2.38. The van der Waals surface area contributed by atoms with Crippen molar-refractivity contribution >= 4 is 11.8 Å². The molecular formula is C17H30O4. The smallest absolute Gasteiger partial charge is 0.316 e. The van der Waals surface area contributed by atoms with Crippen LogP contribution in [0, 0.1) is 11.8 Å². The highest BCUT2D eigenvalue weighted by Gasteiger charge is 2.47. The summed E-state index contributed by atoms with van der Waals surface area (Å²) in [7, 11) is 0. The van der Waals surface area contributed by atoms with Crippen molar-refractivity contribution in [1.29, 1.82) is 0 Å². The Hall–Kier alpha value is -0.900. The van der Waals surface area contributed by atoms with Crippen LogP contribution < -0.4 is 0 Å². The molecule has 3 unspecified atom stereocenters. The Morgan fingerprint density at radius 3 is 2.48 bits per heavy atom. The van der Waals surface area contributed by atoms with Crippen molar-refractivity contribution in [3.8, 4) is 0 Å². The zero-order valence-corrected chi connectivity index (χ0v) is 13.9. The van der Waals surface area contributed by atoms with Gasteiger partial charge in [0, 0.05) is 6.61 Å². The van der Waals surface area contributed by atoms with Gasteiger partial charge in [-0.3, -0.25) is 9.59 Å². The van der Waals surface area contributed by atoms with Crippen LogP contribution in [-0.2, 0) is 19.1 Å². The second kappa shape index (κ2) is 8.52. The number of ketones is 1. The van der Waals surface area contributed by atoms with Gasteiger partial charge in [-0.2, -0.15) is 0 Å². The SMILES string of the molecule is CCCC(C(=O)OCC)C(=O)C1(OCC)CCCC(C)C1. The molecule has 0 N–H and O–H groups in total. The first-order chi connectivity index (χ1) is 10.0. The number of carbonyl (C=O) groups excluding carboxylic acids is 2. The Bertz CT molecular complexity index is 349. The predicted molar refractivity (Wildman–Crippen MR) is 82.0 cm³/mol. The monoisotopic (exact) mass is 298 g/mol. The molecule has 1 saturated carbocycles. The van der Waals surface area contributed by atoms with E-state index in [2.05, 4.69) is 6.92 Å². The molecule has 0 saturated heterocycles. The minimum absolute atomic E-state index is 0.0591. The van der Waals surface area contributed by atoms with Crippen molar-refractivity contribution in [2.24, 2.45) is 11.8 Å². The molecule has 0 aromatic heterocycles. The molecule has 0 amide bonds. The van der Waals surface area contributed by atoms with Gasteiger partial charge in [-0.15, -0.1) is 0 Å². The average Bonchev–Trinajstić information content (AvgIpc) is 2.44. The van der Waals surface area contributed by atoms with Gasteiger partial charge in [0.15, 0.2) is 5.78 Å². The maximum absolute atomic E-state index is 13.0. The molecule has 0 radical (unpaired) electrons. The zero-order chi connectivity index (χ0) is 15.9. The number of esters is 1. The van der Waals surface area contributed by atoms with Crippen LogP contribution in [0.15, 0.2) is 0 Å². The number of hydrogen-bond donors (Lipinski definition) is 0. The van der Waals surface area contributed by atoms with Crippen molar-refractivity contribution in [1.82, 2.24) is 0 Å². The summed E-state index contributed by atoms with van der Waals surface area (Å²) in [6.45, 7) is 8.63. The van der Waals surface area contributed by atoms with Crippen molar-refractivity contribution in [2.45, 2.75) is 71.8 Å². The lowest BCUT2D eigenvalue weighted by Crippen LogP contribution is -2.50. The molecule has 1 aliphatic rings. The summed E-state index contributed by atoms with van der Waals surface area (Å²) >= 11 is 0. The van der Waals surface area contributed by atoms with Gasteiger partial charge in [-0.05, 0) is 45.4 Å². The van der Waals surface area contributed by atoms with E-state index in [-0.39, 0.29) is 11.8 Å². The molecular weight excluding hydrogens is 268 g/mol. The number of carbonyl (C=O) groups is 2. The second-order valence-electron chi connectivity index (χ2n) is 6.09. The van der Waals surface area contributed by atoms with E-state index in [1.807, 2.05) is 13.8 Å². The maximum atomic E-state index is 13.0. The molecule has 4 nitrogen and oxygen atoms in total. The van der Waals surface area contributed by atoms with Gasteiger partial charge in [0.25, 0.3) is 0 Å². The second-order valence-corrected chi connectivity index (χ2v) is 6.09. The Balaban J connectivity index is 2.97. The standard InChI is InChI=1S/C17H30O4/c1-5-9-14(16(19)20-6-2)15(18)17(21-7-3)11-8-10-13(4)12-17/h13-14H,5-12H2,1-4H3. The van der Waals surface area contributed by atoms with E-state index in [9.17, 15) is 9.59 Å². The summed E-state index contributed by atoms with van der Waals surface area (Å²) in [5.41, 5.74) is -0.779. The van der Waals surface area contributed by atoms with Gasteiger partial charge < -0.3 is 9.47 Å². The molecule has 21 heavy (non-hydrogen) atoms. The van der Waals surface area contributed by atoms with Crippen LogP contribution in [-0.4, -0.2) is 30.6 Å². The molecule has 0 heterocycles. The van der Waals surface area contributed by atoms with Gasteiger partial charge in [-0.1, -0.05) is 26.7 Å². The van der Waals surface area contributed by atoms with Gasteiger partial charge in [0.1, 0.15) is 11.5 Å². The van der Waals surface area contributed by atoms with E-state index < -0.39 is 11.5 Å². The van der Waals surface area contributed by atoms with Crippen LogP contribution in [0.25, 0.3) is 0 Å². The van der Waals surface area contributed by atoms with Crippen molar-refractivity contribution in [3.05, 3.63) is 0 Å². The molecule has 0 aliphatic heterocycles. The summed E-state index contributed by atoms with van der Waals surface area (Å²) in [5, 5.41) is 0. The summed E-state index contributed by atoms with van der Waals surface area (Å²) in [6, 6.07) is 0. The highest BCUT2D eigenvalue weighted by molar-refractivity contribution is 6.03. The lowest BCUT2D eigenvalue weighted by atomic mass is 9.72. The molecule has 122 valence electrons. The van der Waals surface area contributed by atoms with Crippen molar-refractivity contribution < 1.29 is 19.1 Å². The minimum Gasteiger partial charge on any atom is -0.465 e. The topological polar surface area (TPSA) is 52.6 Å². The normalized spacial score (nSPS) is 27.1. The van der Waals surface area contributed by atoms with Crippen molar-refractivity contribution in [2.75, 3.05) is 13.2 Å². The fourth-order valence-electron chi connectivity index (χ4n) is 3.41. The zero-order valence-electron chi connectivity index (χ0n) is 13.9. The molecule has 4 heteroatoms. The number of Topliss-reactive ketones (excluding diaryl/α,β-unsaturated/α-hetero) is 1. The largest absolute Gasteiger partial charge is 0.465 e. The van der Waals surface area contributed by atoms with Gasteiger partial charge in [-0.25, -0.2) is 0 Å². The number of hydrogen-bond acceptors (Lipinski definition) is 4. The van der Waals surface area contributed by atoms with Gasteiger partial charge in [0.2, 0.25) is 0 Å². The molecule has 0 aromatic rings. The quantitative estimate of drug-likeness (QED) is 0.508. The van der Waals surface area contributed by atoms with Crippen molar-refractivity contribution in [3.63, 3.8) is 0 Å². The first-order valence-corrected chi connectivity index (χ1v) is 8.35. The first-order valence-electron chi connectivity index (χ1n) is 8.35. The Morgan fingerprint density at radius 1 is 1.24 bits per heavy atom. The van der Waals surface area contributed by atoms with Crippen LogP contribution in [0.3, 0.4) is 0 Å². The van der Waals surface area contributed by atoms with E-state index in [0.29, 0.717) is 25.6 Å². The van der Waals surface area contributed by atoms with Crippen LogP contribution in [0.1, 0.15) is 66.2 Å². The Morgan fingerprint density at radius 2 is 1.95 bits per heavy atom. The maximum Gasteiger partial charge on any atom is 0.316 e. The lowest BCUT2D eigenvalue weighted by molar-refractivity contribution is -0.165. The van der Waals surface area contributed by atoms with Crippen LogP contribution in [0.4, 0.5) is 0 Å². The Kier molecular flexibility index (Phi) is 7.36. The highest BCUT2D eigenvalue weighted by atomic mass is 16.5. The third-order valence-corrected chi connectivity index (χ3v) is 4.29. The van der Waals surface area contributed by atoms with E-state index in [4.69, 9.17) is 9.47 Å². The number of rotatable bonds is 8. The summed E-state index contributed by atoms with van der Waals surface area (Å²) in [5.74, 6) is -0.664. The predicted octanol–water partition coefficient (Wildman–Crippen LogP) is 3.52. The van der Waals surface area contributed by atoms with E-state index in [1.165, 1.54) is 0 Å². The molecule has 1 fully saturated rings. The van der Waals surface area contributed by atoms with Gasteiger partial charge >= 0.3 is 5.97 Å².